The maximum Gasteiger partial charge on any atom is 0.305 e. The number of carbonyl (C=O) groups is 1. The molecule has 0 aliphatic heterocycles. The van der Waals surface area contributed by atoms with E-state index in [2.05, 4.69) is 0 Å². The Balaban J connectivity index is 2.75. The van der Waals surface area contributed by atoms with Gasteiger partial charge < -0.3 is 20.5 Å². The number of para-hydroxylation sites is 2. The molecule has 3 N–H and O–H groups in total. The fourth-order valence-corrected chi connectivity index (χ4v) is 2.29. The average Bonchev–Trinajstić information content (AvgIpc) is 2.44. The first kappa shape index (κ1) is 17.9. The number of hydrogen-bond acceptors (Lipinski definition) is 4. The summed E-state index contributed by atoms with van der Waals surface area (Å²) in [5, 5.41) is 8.69. The Hall–Kier alpha value is -1.17. The van der Waals surface area contributed by atoms with Crippen LogP contribution in [0.25, 0.3) is 0 Å². The fourth-order valence-electron chi connectivity index (χ4n) is 1.88. The SMILES string of the molecule is N[C@H](COc1ccccc1N(CCCl)CCCl)CC(=O)O. The van der Waals surface area contributed by atoms with Gasteiger partial charge in [-0.05, 0) is 12.1 Å². The first-order chi connectivity index (χ1) is 10.1. The third-order valence-electron chi connectivity index (χ3n) is 2.80. The molecule has 1 aromatic rings. The van der Waals surface area contributed by atoms with Gasteiger partial charge in [-0.25, -0.2) is 0 Å². The normalized spacial score (nSPS) is 12.0. The van der Waals surface area contributed by atoms with E-state index < -0.39 is 12.0 Å². The largest absolute Gasteiger partial charge is 0.490 e. The van der Waals surface area contributed by atoms with Crippen LogP contribution in [-0.4, -0.2) is 48.6 Å². The van der Waals surface area contributed by atoms with Crippen LogP contribution in [0.5, 0.6) is 5.75 Å². The van der Waals surface area contributed by atoms with Crippen molar-refractivity contribution in [3.63, 3.8) is 0 Å². The van der Waals surface area contributed by atoms with Crippen molar-refractivity contribution in [3.8, 4) is 5.75 Å². The highest BCUT2D eigenvalue weighted by Crippen LogP contribution is 2.28. The molecule has 118 valence electrons. The van der Waals surface area contributed by atoms with Crippen molar-refractivity contribution >= 4 is 34.9 Å². The summed E-state index contributed by atoms with van der Waals surface area (Å²) in [4.78, 5) is 12.6. The second kappa shape index (κ2) is 9.71. The van der Waals surface area contributed by atoms with Crippen LogP contribution in [0.2, 0.25) is 0 Å². The van der Waals surface area contributed by atoms with E-state index in [0.717, 1.165) is 5.69 Å². The van der Waals surface area contributed by atoms with E-state index in [1.807, 2.05) is 29.2 Å². The summed E-state index contributed by atoms with van der Waals surface area (Å²) in [6.45, 7) is 1.44. The van der Waals surface area contributed by atoms with Gasteiger partial charge in [0.25, 0.3) is 0 Å². The number of benzene rings is 1. The molecule has 0 heterocycles. The molecule has 0 saturated heterocycles. The summed E-state index contributed by atoms with van der Waals surface area (Å²) in [5.74, 6) is 0.659. The Morgan fingerprint density at radius 2 is 1.90 bits per heavy atom. The van der Waals surface area contributed by atoms with Gasteiger partial charge in [0, 0.05) is 30.9 Å². The zero-order valence-corrected chi connectivity index (χ0v) is 13.2. The third kappa shape index (κ3) is 6.42. The van der Waals surface area contributed by atoms with Gasteiger partial charge in [-0.15, -0.1) is 23.2 Å². The molecule has 21 heavy (non-hydrogen) atoms. The fraction of sp³-hybridized carbons (Fsp3) is 0.500. The van der Waals surface area contributed by atoms with Crippen LogP contribution in [-0.2, 0) is 4.79 Å². The number of nitrogens with two attached hydrogens (primary N) is 1. The van der Waals surface area contributed by atoms with E-state index in [1.54, 1.807) is 0 Å². The zero-order valence-electron chi connectivity index (χ0n) is 11.7. The highest BCUT2D eigenvalue weighted by molar-refractivity contribution is 6.18. The number of ether oxygens (including phenoxy) is 1. The van der Waals surface area contributed by atoms with Gasteiger partial charge in [0.2, 0.25) is 0 Å². The van der Waals surface area contributed by atoms with Gasteiger partial charge in [-0.1, -0.05) is 12.1 Å². The second-order valence-corrected chi connectivity index (χ2v) is 5.26. The van der Waals surface area contributed by atoms with Crippen LogP contribution in [0.4, 0.5) is 5.69 Å². The molecule has 1 rings (SSSR count). The molecule has 0 aliphatic rings. The molecule has 0 bridgehead atoms. The number of rotatable bonds is 10. The van der Waals surface area contributed by atoms with Gasteiger partial charge in [-0.2, -0.15) is 0 Å². The van der Waals surface area contributed by atoms with Crippen molar-refractivity contribution in [3.05, 3.63) is 24.3 Å². The molecule has 0 unspecified atom stereocenters. The maximum atomic E-state index is 10.6. The molecule has 5 nitrogen and oxygen atoms in total. The molecule has 0 radical (unpaired) electrons. The van der Waals surface area contributed by atoms with Crippen LogP contribution < -0.4 is 15.4 Å². The van der Waals surface area contributed by atoms with Crippen LogP contribution in [0, 0.1) is 0 Å². The Bertz CT molecular complexity index is 440. The Labute approximate surface area is 134 Å². The van der Waals surface area contributed by atoms with Gasteiger partial charge in [-0.3, -0.25) is 4.79 Å². The molecule has 0 amide bonds. The van der Waals surface area contributed by atoms with Crippen molar-refractivity contribution in [2.24, 2.45) is 5.73 Å². The van der Waals surface area contributed by atoms with Crippen molar-refractivity contribution in [1.29, 1.82) is 0 Å². The minimum absolute atomic E-state index is 0.130. The molecule has 0 fully saturated rings. The topological polar surface area (TPSA) is 75.8 Å². The molecule has 0 aliphatic carbocycles. The zero-order chi connectivity index (χ0) is 15.7. The van der Waals surface area contributed by atoms with Gasteiger partial charge in [0.05, 0.1) is 12.1 Å². The van der Waals surface area contributed by atoms with Crippen molar-refractivity contribution in [2.45, 2.75) is 12.5 Å². The van der Waals surface area contributed by atoms with E-state index in [4.69, 9.17) is 38.8 Å². The minimum Gasteiger partial charge on any atom is -0.490 e. The molecule has 0 spiro atoms. The molecule has 1 atom stereocenters. The Morgan fingerprint density at radius 1 is 1.29 bits per heavy atom. The summed E-state index contributed by atoms with van der Waals surface area (Å²) >= 11 is 11.6. The van der Waals surface area contributed by atoms with E-state index in [-0.39, 0.29) is 13.0 Å². The van der Waals surface area contributed by atoms with Gasteiger partial charge >= 0.3 is 5.97 Å². The van der Waals surface area contributed by atoms with Crippen LogP contribution >= 0.6 is 23.2 Å². The summed E-state index contributed by atoms with van der Waals surface area (Å²) < 4.78 is 5.66. The smallest absolute Gasteiger partial charge is 0.305 e. The van der Waals surface area contributed by atoms with Crippen molar-refractivity contribution < 1.29 is 14.6 Å². The lowest BCUT2D eigenvalue weighted by molar-refractivity contribution is -0.137. The highest BCUT2D eigenvalue weighted by Gasteiger charge is 2.13. The first-order valence-electron chi connectivity index (χ1n) is 6.64. The monoisotopic (exact) mass is 334 g/mol. The lowest BCUT2D eigenvalue weighted by Crippen LogP contribution is -2.31. The predicted octanol–water partition coefficient (Wildman–Crippen LogP) is 2.15. The number of carboxylic acids is 1. The molecule has 0 saturated carbocycles. The third-order valence-corrected chi connectivity index (χ3v) is 3.14. The predicted molar refractivity (Wildman–Crippen MR) is 85.8 cm³/mol. The van der Waals surface area contributed by atoms with Crippen LogP contribution in [0.3, 0.4) is 0 Å². The maximum absolute atomic E-state index is 10.6. The van der Waals surface area contributed by atoms with Crippen molar-refractivity contribution in [1.82, 2.24) is 0 Å². The van der Waals surface area contributed by atoms with Crippen LogP contribution in [0.15, 0.2) is 24.3 Å². The molecular formula is C14H20Cl2N2O3. The number of carboxylic acid groups (broad SMARTS) is 1. The van der Waals surface area contributed by atoms with Crippen molar-refractivity contribution in [2.75, 3.05) is 36.4 Å². The number of anilines is 1. The van der Waals surface area contributed by atoms with E-state index >= 15 is 0 Å². The summed E-state index contributed by atoms with van der Waals surface area (Å²) in [6, 6.07) is 6.93. The summed E-state index contributed by atoms with van der Waals surface area (Å²) in [6.07, 6.45) is -0.130. The van der Waals surface area contributed by atoms with Gasteiger partial charge in [0.15, 0.2) is 0 Å². The number of alkyl halides is 2. The number of nitrogens with zero attached hydrogens (tertiary/aromatic N) is 1. The molecular weight excluding hydrogens is 315 g/mol. The molecule has 7 heteroatoms. The lowest BCUT2D eigenvalue weighted by atomic mass is 10.2. The average molecular weight is 335 g/mol. The summed E-state index contributed by atoms with van der Waals surface area (Å²) in [7, 11) is 0. The highest BCUT2D eigenvalue weighted by atomic mass is 35.5. The van der Waals surface area contributed by atoms with E-state index in [9.17, 15) is 4.79 Å². The standard InChI is InChI=1S/C14H20Cl2N2O3/c15-5-7-18(8-6-16)12-3-1-2-4-13(12)21-10-11(17)9-14(19)20/h1-4,11H,5-10,17H2,(H,19,20)/t11-/m0/s1. The molecule has 0 aromatic heterocycles. The number of halogens is 2. The quantitative estimate of drug-likeness (QED) is 0.641. The summed E-state index contributed by atoms with van der Waals surface area (Å²) in [5.41, 5.74) is 6.58. The van der Waals surface area contributed by atoms with E-state index in [1.165, 1.54) is 0 Å². The second-order valence-electron chi connectivity index (χ2n) is 4.50. The van der Waals surface area contributed by atoms with Gasteiger partial charge in [0.1, 0.15) is 12.4 Å². The Kier molecular flexibility index (Phi) is 8.27. The minimum atomic E-state index is -0.940. The van der Waals surface area contributed by atoms with E-state index in [0.29, 0.717) is 30.6 Å². The van der Waals surface area contributed by atoms with Crippen LogP contribution in [0.1, 0.15) is 6.42 Å². The number of hydrogen-bond donors (Lipinski definition) is 2. The molecule has 1 aromatic carbocycles. The number of aliphatic carboxylic acids is 1. The Morgan fingerprint density at radius 3 is 2.48 bits per heavy atom. The lowest BCUT2D eigenvalue weighted by Gasteiger charge is -2.25. The first-order valence-corrected chi connectivity index (χ1v) is 7.71.